The van der Waals surface area contributed by atoms with Gasteiger partial charge in [-0.1, -0.05) is 12.1 Å². The van der Waals surface area contributed by atoms with Gasteiger partial charge in [0.25, 0.3) is 0 Å². The third-order valence-corrected chi connectivity index (χ3v) is 5.61. The lowest BCUT2D eigenvalue weighted by atomic mass is 9.92. The predicted octanol–water partition coefficient (Wildman–Crippen LogP) is 3.13. The topological polar surface area (TPSA) is 69.7 Å². The lowest BCUT2D eigenvalue weighted by Gasteiger charge is -2.34. The highest BCUT2D eigenvalue weighted by Gasteiger charge is 2.20. The molecule has 0 amide bonds. The Morgan fingerprint density at radius 3 is 2.69 bits per heavy atom. The van der Waals surface area contributed by atoms with Crippen LogP contribution in [0.4, 0.5) is 5.69 Å². The Kier molecular flexibility index (Phi) is 5.79. The number of rotatable bonds is 5. The van der Waals surface area contributed by atoms with Gasteiger partial charge in [0, 0.05) is 38.3 Å². The zero-order chi connectivity index (χ0) is 20.2. The first-order chi connectivity index (χ1) is 14.1. The van der Waals surface area contributed by atoms with E-state index in [9.17, 15) is 4.79 Å². The van der Waals surface area contributed by atoms with Gasteiger partial charge in [0.05, 0.1) is 13.2 Å². The van der Waals surface area contributed by atoms with Gasteiger partial charge in [-0.2, -0.15) is 5.26 Å². The smallest absolute Gasteiger partial charge is 0.204 e. The molecule has 1 saturated heterocycles. The minimum Gasteiger partial charge on any atom is -0.442 e. The van der Waals surface area contributed by atoms with Gasteiger partial charge in [0.15, 0.2) is 5.76 Å². The molecule has 6 heteroatoms. The number of piperazine rings is 1. The zero-order valence-electron chi connectivity index (χ0n) is 16.7. The van der Waals surface area contributed by atoms with Crippen LogP contribution in [0.5, 0.6) is 0 Å². The molecule has 29 heavy (non-hydrogen) atoms. The van der Waals surface area contributed by atoms with Gasteiger partial charge in [-0.25, -0.2) is 0 Å². The van der Waals surface area contributed by atoms with Crippen molar-refractivity contribution < 1.29 is 13.9 Å². The molecule has 1 aromatic heterocycles. The second-order valence-corrected chi connectivity index (χ2v) is 7.56. The van der Waals surface area contributed by atoms with Gasteiger partial charge < -0.3 is 19.0 Å². The number of ether oxygens (including phenoxy) is 1. The van der Waals surface area contributed by atoms with Crippen LogP contribution in [0, 0.1) is 11.3 Å². The molecule has 0 radical (unpaired) electrons. The summed E-state index contributed by atoms with van der Waals surface area (Å²) in [6, 6.07) is 11.4. The van der Waals surface area contributed by atoms with Crippen molar-refractivity contribution in [1.29, 1.82) is 5.26 Å². The van der Waals surface area contributed by atoms with Crippen molar-refractivity contribution in [3.63, 3.8) is 0 Å². The lowest BCUT2D eigenvalue weighted by Crippen LogP contribution is -2.44. The van der Waals surface area contributed by atoms with E-state index in [1.807, 2.05) is 6.07 Å². The summed E-state index contributed by atoms with van der Waals surface area (Å²) in [5.74, 6) is 0.274. The van der Waals surface area contributed by atoms with E-state index in [4.69, 9.17) is 14.4 Å². The van der Waals surface area contributed by atoms with E-state index in [0.29, 0.717) is 13.2 Å². The molecule has 0 saturated carbocycles. The van der Waals surface area contributed by atoms with Crippen molar-refractivity contribution in [2.45, 2.75) is 12.8 Å². The van der Waals surface area contributed by atoms with Crippen LogP contribution < -0.4 is 4.90 Å². The van der Waals surface area contributed by atoms with E-state index in [-0.39, 0.29) is 23.7 Å². The molecule has 1 aromatic carbocycles. The maximum atomic E-state index is 12.7. The molecule has 2 aromatic rings. The average molecular weight is 391 g/mol. The molecule has 3 heterocycles. The fourth-order valence-corrected chi connectivity index (χ4v) is 3.86. The number of furan rings is 1. The van der Waals surface area contributed by atoms with E-state index in [0.717, 1.165) is 43.7 Å². The molecular formula is C23H25N3O3. The highest BCUT2D eigenvalue weighted by molar-refractivity contribution is 5.96. The molecular weight excluding hydrogens is 366 g/mol. The normalized spacial score (nSPS) is 17.7. The Morgan fingerprint density at radius 2 is 2.00 bits per heavy atom. The fraction of sp³-hybridized carbons (Fsp3) is 0.391. The molecule has 0 aliphatic carbocycles. The number of ketones is 1. The summed E-state index contributed by atoms with van der Waals surface area (Å²) in [6.45, 7) is 5.39. The quantitative estimate of drug-likeness (QED) is 0.730. The highest BCUT2D eigenvalue weighted by Crippen LogP contribution is 2.30. The number of Topliss-reactive ketones (excluding diaryl/α,β-unsaturated/α-hetero) is 1. The Hall–Kier alpha value is -2.88. The lowest BCUT2D eigenvalue weighted by molar-refractivity contribution is 0.0966. The zero-order valence-corrected chi connectivity index (χ0v) is 16.7. The number of carbonyl (C=O) groups excluding carboxylic acids is 1. The van der Waals surface area contributed by atoms with Crippen molar-refractivity contribution in [2.75, 3.05) is 51.3 Å². The van der Waals surface area contributed by atoms with Crippen molar-refractivity contribution in [3.8, 4) is 6.07 Å². The summed E-state index contributed by atoms with van der Waals surface area (Å²) in [5.41, 5.74) is 4.52. The van der Waals surface area contributed by atoms with Crippen LogP contribution in [0.25, 0.3) is 5.57 Å². The van der Waals surface area contributed by atoms with E-state index < -0.39 is 0 Å². The van der Waals surface area contributed by atoms with Crippen LogP contribution in [0.3, 0.4) is 0 Å². The van der Waals surface area contributed by atoms with Gasteiger partial charge in [0.1, 0.15) is 6.07 Å². The van der Waals surface area contributed by atoms with Gasteiger partial charge in [-0.3, -0.25) is 4.79 Å². The molecule has 1 fully saturated rings. The van der Waals surface area contributed by atoms with Crippen LogP contribution in [0.15, 0.2) is 40.8 Å². The van der Waals surface area contributed by atoms with Crippen LogP contribution >= 0.6 is 0 Å². The van der Waals surface area contributed by atoms with Gasteiger partial charge in [0.2, 0.25) is 11.5 Å². The second-order valence-electron chi connectivity index (χ2n) is 7.56. The van der Waals surface area contributed by atoms with Gasteiger partial charge in [-0.05, 0) is 54.4 Å². The Labute approximate surface area is 171 Å². The number of hydrogen-bond acceptors (Lipinski definition) is 6. The fourth-order valence-electron chi connectivity index (χ4n) is 3.86. The van der Waals surface area contributed by atoms with Crippen LogP contribution in [-0.4, -0.2) is 57.1 Å². The molecule has 4 rings (SSSR count). The highest BCUT2D eigenvalue weighted by atomic mass is 16.5. The summed E-state index contributed by atoms with van der Waals surface area (Å²) in [6.07, 6.45) is 3.20. The standard InChI is InChI=1S/C23H25N3O3/c1-25-8-10-26(11-9-25)19-3-2-18(21(15-19)17-6-12-28-13-7-17)14-22(27)23-5-4-20(16-24)29-23/h2-6,15H,7-14H2,1H3. The molecule has 150 valence electrons. The first-order valence-electron chi connectivity index (χ1n) is 10.0. The van der Waals surface area contributed by atoms with Crippen molar-refractivity contribution in [2.24, 2.45) is 0 Å². The number of anilines is 1. The summed E-state index contributed by atoms with van der Waals surface area (Å²) in [4.78, 5) is 17.5. The molecule has 6 nitrogen and oxygen atoms in total. The molecule has 0 spiro atoms. The summed E-state index contributed by atoms with van der Waals surface area (Å²) >= 11 is 0. The van der Waals surface area contributed by atoms with E-state index in [1.54, 1.807) is 6.07 Å². The second kappa shape index (κ2) is 8.64. The number of nitriles is 1. The van der Waals surface area contributed by atoms with Gasteiger partial charge >= 0.3 is 0 Å². The number of carbonyl (C=O) groups is 1. The van der Waals surface area contributed by atoms with Crippen molar-refractivity contribution >= 4 is 17.0 Å². The third-order valence-electron chi connectivity index (χ3n) is 5.61. The molecule has 0 bridgehead atoms. The van der Waals surface area contributed by atoms with Crippen LogP contribution in [0.2, 0.25) is 0 Å². The molecule has 2 aliphatic rings. The number of likely N-dealkylation sites (N-methyl/N-ethyl adjacent to an activating group) is 1. The summed E-state index contributed by atoms with van der Waals surface area (Å²) in [5, 5.41) is 8.93. The van der Waals surface area contributed by atoms with Gasteiger partial charge in [-0.15, -0.1) is 0 Å². The van der Waals surface area contributed by atoms with Crippen molar-refractivity contribution in [1.82, 2.24) is 4.90 Å². The molecule has 0 atom stereocenters. The van der Waals surface area contributed by atoms with Crippen molar-refractivity contribution in [3.05, 3.63) is 59.1 Å². The predicted molar refractivity (Wildman–Crippen MR) is 111 cm³/mol. The average Bonchev–Trinajstić information content (AvgIpc) is 3.25. The molecule has 0 N–H and O–H groups in total. The number of benzene rings is 1. The van der Waals surface area contributed by atoms with Crippen LogP contribution in [-0.2, 0) is 11.2 Å². The first-order valence-corrected chi connectivity index (χ1v) is 10.0. The van der Waals surface area contributed by atoms with E-state index in [1.165, 1.54) is 17.3 Å². The van der Waals surface area contributed by atoms with E-state index >= 15 is 0 Å². The monoisotopic (exact) mass is 391 g/mol. The number of hydrogen-bond donors (Lipinski definition) is 0. The molecule has 0 unspecified atom stereocenters. The molecule has 2 aliphatic heterocycles. The maximum absolute atomic E-state index is 12.7. The largest absolute Gasteiger partial charge is 0.442 e. The third kappa shape index (κ3) is 4.42. The SMILES string of the molecule is CN1CCN(c2ccc(CC(=O)c3ccc(C#N)o3)c(C3=CCOCC3)c2)CC1. The maximum Gasteiger partial charge on any atom is 0.204 e. The minimum absolute atomic E-state index is 0.118. The Bertz CT molecular complexity index is 962. The number of nitrogens with zero attached hydrogens (tertiary/aromatic N) is 3. The summed E-state index contributed by atoms with van der Waals surface area (Å²) in [7, 11) is 2.15. The Balaban J connectivity index is 1.62. The summed E-state index contributed by atoms with van der Waals surface area (Å²) < 4.78 is 10.8. The first kappa shape index (κ1) is 19.4. The van der Waals surface area contributed by atoms with E-state index in [2.05, 4.69) is 41.1 Å². The van der Waals surface area contributed by atoms with Crippen LogP contribution in [0.1, 0.15) is 33.9 Å². The Morgan fingerprint density at radius 1 is 1.17 bits per heavy atom. The minimum atomic E-state index is -0.118.